The molecule has 0 heterocycles. The number of rotatable bonds is 3. The highest BCUT2D eigenvalue weighted by Gasteiger charge is 2.08. The lowest BCUT2D eigenvalue weighted by Crippen LogP contribution is -1.91. The van der Waals surface area contributed by atoms with Gasteiger partial charge >= 0.3 is 0 Å². The third-order valence-electron chi connectivity index (χ3n) is 1.69. The average Bonchev–Trinajstić information content (AvgIpc) is 2.18. The van der Waals surface area contributed by atoms with Gasteiger partial charge in [-0.3, -0.25) is 0 Å². The van der Waals surface area contributed by atoms with Gasteiger partial charge in [-0.25, -0.2) is 0 Å². The fraction of sp³-hybridized carbons (Fsp3) is 0.333. The minimum Gasteiger partial charge on any atom is -0.497 e. The molecule has 0 atom stereocenters. The minimum atomic E-state index is 0.765. The molecule has 0 N–H and O–H groups in total. The van der Waals surface area contributed by atoms with E-state index in [0.717, 1.165) is 26.9 Å². The molecule has 2 nitrogen and oxygen atoms in total. The van der Waals surface area contributed by atoms with Crippen molar-refractivity contribution in [3.05, 3.63) is 22.2 Å². The SMILES string of the molecule is COc1cc(CBr)c(Br)c(OC)c1. The molecule has 4 heteroatoms. The molecule has 1 aromatic rings. The van der Waals surface area contributed by atoms with E-state index in [1.807, 2.05) is 12.1 Å². The molecule has 1 aromatic carbocycles. The summed E-state index contributed by atoms with van der Waals surface area (Å²) in [6.07, 6.45) is 0. The van der Waals surface area contributed by atoms with Gasteiger partial charge in [0, 0.05) is 11.4 Å². The van der Waals surface area contributed by atoms with E-state index >= 15 is 0 Å². The standard InChI is InChI=1S/C9H10Br2O2/c1-12-7-3-6(5-10)9(11)8(4-7)13-2/h3-4H,5H2,1-2H3. The molecule has 0 unspecified atom stereocenters. The van der Waals surface area contributed by atoms with Gasteiger partial charge in [-0.05, 0) is 27.6 Å². The van der Waals surface area contributed by atoms with E-state index in [4.69, 9.17) is 9.47 Å². The molecule has 0 saturated heterocycles. The molecule has 0 radical (unpaired) electrons. The zero-order valence-corrected chi connectivity index (χ0v) is 10.6. The van der Waals surface area contributed by atoms with Crippen molar-refractivity contribution in [2.24, 2.45) is 0 Å². The van der Waals surface area contributed by atoms with Crippen molar-refractivity contribution >= 4 is 31.9 Å². The van der Waals surface area contributed by atoms with E-state index in [1.54, 1.807) is 14.2 Å². The third-order valence-corrected chi connectivity index (χ3v) is 3.19. The first-order chi connectivity index (χ1) is 6.22. The van der Waals surface area contributed by atoms with E-state index in [2.05, 4.69) is 31.9 Å². The molecule has 0 amide bonds. The summed E-state index contributed by atoms with van der Waals surface area (Å²) in [6.45, 7) is 0. The first-order valence-electron chi connectivity index (χ1n) is 3.69. The molecular weight excluding hydrogens is 300 g/mol. The topological polar surface area (TPSA) is 18.5 Å². The van der Waals surface area contributed by atoms with Gasteiger partial charge in [0.05, 0.1) is 18.7 Å². The van der Waals surface area contributed by atoms with E-state index in [1.165, 1.54) is 0 Å². The first kappa shape index (κ1) is 10.9. The lowest BCUT2D eigenvalue weighted by molar-refractivity contribution is 0.392. The van der Waals surface area contributed by atoms with E-state index in [-0.39, 0.29) is 0 Å². The third kappa shape index (κ3) is 2.38. The van der Waals surface area contributed by atoms with Crippen LogP contribution in [0.25, 0.3) is 0 Å². The van der Waals surface area contributed by atoms with Crippen LogP contribution in [0.3, 0.4) is 0 Å². The van der Waals surface area contributed by atoms with Gasteiger partial charge in [-0.2, -0.15) is 0 Å². The van der Waals surface area contributed by atoms with E-state index in [0.29, 0.717) is 0 Å². The highest BCUT2D eigenvalue weighted by Crippen LogP contribution is 2.34. The maximum Gasteiger partial charge on any atom is 0.137 e. The Labute approximate surface area is 94.5 Å². The van der Waals surface area contributed by atoms with Crippen LogP contribution in [0, 0.1) is 0 Å². The summed E-state index contributed by atoms with van der Waals surface area (Å²) < 4.78 is 11.3. The second kappa shape index (κ2) is 4.86. The molecule has 0 fully saturated rings. The molecule has 0 bridgehead atoms. The Morgan fingerprint density at radius 1 is 1.23 bits per heavy atom. The van der Waals surface area contributed by atoms with E-state index < -0.39 is 0 Å². The van der Waals surface area contributed by atoms with Crippen molar-refractivity contribution in [2.45, 2.75) is 5.33 Å². The normalized spacial score (nSPS) is 9.85. The maximum atomic E-state index is 5.18. The lowest BCUT2D eigenvalue weighted by Gasteiger charge is -2.09. The number of alkyl halides is 1. The van der Waals surface area contributed by atoms with Crippen molar-refractivity contribution < 1.29 is 9.47 Å². The zero-order valence-electron chi connectivity index (χ0n) is 7.43. The summed E-state index contributed by atoms with van der Waals surface area (Å²) in [5, 5.41) is 0.765. The van der Waals surface area contributed by atoms with Crippen LogP contribution in [0.1, 0.15) is 5.56 Å². The van der Waals surface area contributed by atoms with Crippen LogP contribution >= 0.6 is 31.9 Å². The molecular formula is C9H10Br2O2. The monoisotopic (exact) mass is 308 g/mol. The fourth-order valence-electron chi connectivity index (χ4n) is 0.991. The summed E-state index contributed by atoms with van der Waals surface area (Å²) in [7, 11) is 3.28. The van der Waals surface area contributed by atoms with Crippen LogP contribution < -0.4 is 9.47 Å². The summed E-state index contributed by atoms with van der Waals surface area (Å²) >= 11 is 6.85. The Bertz CT molecular complexity index is 275. The van der Waals surface area contributed by atoms with Crippen LogP contribution in [0.4, 0.5) is 0 Å². The number of hydrogen-bond acceptors (Lipinski definition) is 2. The number of benzene rings is 1. The summed E-state index contributed by atoms with van der Waals surface area (Å²) in [5.41, 5.74) is 1.11. The average molecular weight is 310 g/mol. The quantitative estimate of drug-likeness (QED) is 0.797. The molecule has 0 spiro atoms. The van der Waals surface area contributed by atoms with Gasteiger partial charge < -0.3 is 9.47 Å². The molecule has 0 aliphatic carbocycles. The molecule has 0 aromatic heterocycles. The van der Waals surface area contributed by atoms with Gasteiger partial charge in [-0.1, -0.05) is 15.9 Å². The number of methoxy groups -OCH3 is 2. The van der Waals surface area contributed by atoms with Gasteiger partial charge in [-0.15, -0.1) is 0 Å². The first-order valence-corrected chi connectivity index (χ1v) is 5.60. The van der Waals surface area contributed by atoms with Crippen molar-refractivity contribution in [3.63, 3.8) is 0 Å². The number of hydrogen-bond donors (Lipinski definition) is 0. The molecule has 0 aliphatic rings. The Hall–Kier alpha value is -0.220. The predicted molar refractivity (Wildman–Crippen MR) is 59.9 cm³/mol. The van der Waals surface area contributed by atoms with Crippen molar-refractivity contribution in [2.75, 3.05) is 14.2 Å². The van der Waals surface area contributed by atoms with Crippen LogP contribution in [-0.2, 0) is 5.33 Å². The molecule has 0 aliphatic heterocycles. The highest BCUT2D eigenvalue weighted by molar-refractivity contribution is 9.11. The lowest BCUT2D eigenvalue weighted by atomic mass is 10.2. The van der Waals surface area contributed by atoms with Crippen molar-refractivity contribution in [1.82, 2.24) is 0 Å². The van der Waals surface area contributed by atoms with Gasteiger partial charge in [0.25, 0.3) is 0 Å². The maximum absolute atomic E-state index is 5.18. The molecule has 13 heavy (non-hydrogen) atoms. The van der Waals surface area contributed by atoms with Crippen LogP contribution in [-0.4, -0.2) is 14.2 Å². The Kier molecular flexibility index (Phi) is 4.06. The predicted octanol–water partition coefficient (Wildman–Crippen LogP) is 3.36. The van der Waals surface area contributed by atoms with Crippen LogP contribution in [0.2, 0.25) is 0 Å². The zero-order chi connectivity index (χ0) is 9.84. The van der Waals surface area contributed by atoms with Gasteiger partial charge in [0.2, 0.25) is 0 Å². The number of ether oxygens (including phenoxy) is 2. The van der Waals surface area contributed by atoms with Crippen molar-refractivity contribution in [1.29, 1.82) is 0 Å². The number of halogens is 2. The molecule has 72 valence electrons. The smallest absolute Gasteiger partial charge is 0.137 e. The molecule has 0 saturated carbocycles. The minimum absolute atomic E-state index is 0.765. The second-order valence-electron chi connectivity index (χ2n) is 2.44. The molecule has 1 rings (SSSR count). The Morgan fingerprint density at radius 3 is 2.38 bits per heavy atom. The summed E-state index contributed by atoms with van der Waals surface area (Å²) in [5.74, 6) is 1.59. The van der Waals surface area contributed by atoms with E-state index in [9.17, 15) is 0 Å². The Balaban J connectivity index is 3.20. The summed E-state index contributed by atoms with van der Waals surface area (Å²) in [6, 6.07) is 3.80. The van der Waals surface area contributed by atoms with Crippen molar-refractivity contribution in [3.8, 4) is 11.5 Å². The highest BCUT2D eigenvalue weighted by atomic mass is 79.9. The largest absolute Gasteiger partial charge is 0.497 e. The van der Waals surface area contributed by atoms with Crippen LogP contribution in [0.15, 0.2) is 16.6 Å². The second-order valence-corrected chi connectivity index (χ2v) is 3.79. The fourth-order valence-corrected chi connectivity index (χ4v) is 2.34. The van der Waals surface area contributed by atoms with Gasteiger partial charge in [0.1, 0.15) is 11.5 Å². The van der Waals surface area contributed by atoms with Gasteiger partial charge in [0.15, 0.2) is 0 Å². The Morgan fingerprint density at radius 2 is 1.92 bits per heavy atom. The summed E-state index contributed by atoms with van der Waals surface area (Å²) in [4.78, 5) is 0. The van der Waals surface area contributed by atoms with Crippen LogP contribution in [0.5, 0.6) is 11.5 Å².